The number of pyridine rings is 1. The summed E-state index contributed by atoms with van der Waals surface area (Å²) in [5.74, 6) is -2.56. The molecule has 5 rings (SSSR count). The van der Waals surface area contributed by atoms with E-state index in [4.69, 9.17) is 16.0 Å². The molecule has 1 aromatic carbocycles. The van der Waals surface area contributed by atoms with Crippen molar-refractivity contribution in [2.75, 3.05) is 31.1 Å². The van der Waals surface area contributed by atoms with E-state index in [1.807, 2.05) is 0 Å². The second kappa shape index (κ2) is 8.56. The quantitative estimate of drug-likeness (QED) is 0.341. The summed E-state index contributed by atoms with van der Waals surface area (Å²) in [7, 11) is 0. The van der Waals surface area contributed by atoms with Crippen molar-refractivity contribution in [3.63, 3.8) is 0 Å². The molecule has 1 saturated heterocycles. The number of nitrogens with zero attached hydrogens (tertiary/aromatic N) is 4. The highest BCUT2D eigenvalue weighted by Gasteiger charge is 2.37. The standard InChI is InChI=1S/C23H16ClF5N4O2/c24-20-19(22(34)32-6-4-31(5-7-32)15-1-2-17(25)18(26)10-15)30-21-16(23(27,28)29)9-14(11-33(20)21)13-3-8-35-12-13/h1-3,8-12H,4-7H2. The van der Waals surface area contributed by atoms with Gasteiger partial charge in [0.1, 0.15) is 5.15 Å². The van der Waals surface area contributed by atoms with Crippen molar-refractivity contribution in [1.82, 2.24) is 14.3 Å². The first-order chi connectivity index (χ1) is 16.6. The molecule has 4 heterocycles. The third-order valence-corrected chi connectivity index (χ3v) is 6.22. The van der Waals surface area contributed by atoms with Gasteiger partial charge in [0.25, 0.3) is 5.91 Å². The lowest BCUT2D eigenvalue weighted by molar-refractivity contribution is -0.136. The highest BCUT2D eigenvalue weighted by atomic mass is 35.5. The van der Waals surface area contributed by atoms with Crippen LogP contribution in [0.4, 0.5) is 27.6 Å². The van der Waals surface area contributed by atoms with Crippen molar-refractivity contribution in [2.45, 2.75) is 6.18 Å². The fourth-order valence-corrected chi connectivity index (χ4v) is 4.30. The molecule has 0 saturated carbocycles. The molecule has 0 radical (unpaired) electrons. The van der Waals surface area contributed by atoms with Crippen LogP contribution in [0.15, 0.2) is 53.5 Å². The van der Waals surface area contributed by atoms with Crippen LogP contribution in [0, 0.1) is 11.6 Å². The van der Waals surface area contributed by atoms with Crippen LogP contribution in [0.3, 0.4) is 0 Å². The number of carbonyl (C=O) groups is 1. The molecule has 1 fully saturated rings. The predicted octanol–water partition coefficient (Wildman–Crippen LogP) is 5.51. The van der Waals surface area contributed by atoms with Crippen LogP contribution < -0.4 is 4.90 Å². The van der Waals surface area contributed by atoms with Gasteiger partial charge in [0.05, 0.1) is 18.1 Å². The maximum absolute atomic E-state index is 13.8. The van der Waals surface area contributed by atoms with Gasteiger partial charge in [-0.1, -0.05) is 11.6 Å². The molecule has 35 heavy (non-hydrogen) atoms. The zero-order chi connectivity index (χ0) is 24.9. The van der Waals surface area contributed by atoms with Gasteiger partial charge in [-0.25, -0.2) is 13.8 Å². The van der Waals surface area contributed by atoms with Gasteiger partial charge in [-0.15, -0.1) is 0 Å². The molecule has 1 aliphatic rings. The molecule has 12 heteroatoms. The van der Waals surface area contributed by atoms with E-state index in [9.17, 15) is 26.7 Å². The van der Waals surface area contributed by atoms with Crippen molar-refractivity contribution in [1.29, 1.82) is 0 Å². The fraction of sp³-hybridized carbons (Fsp3) is 0.217. The number of furan rings is 1. The Balaban J connectivity index is 1.44. The summed E-state index contributed by atoms with van der Waals surface area (Å²) in [4.78, 5) is 20.3. The van der Waals surface area contributed by atoms with Crippen molar-refractivity contribution in [2.24, 2.45) is 0 Å². The van der Waals surface area contributed by atoms with Crippen LogP contribution in [0.1, 0.15) is 16.1 Å². The first-order valence-corrected chi connectivity index (χ1v) is 10.8. The summed E-state index contributed by atoms with van der Waals surface area (Å²) >= 11 is 6.36. The van der Waals surface area contributed by atoms with Gasteiger partial charge in [-0.05, 0) is 24.3 Å². The van der Waals surface area contributed by atoms with E-state index in [1.54, 1.807) is 4.90 Å². The number of hydrogen-bond donors (Lipinski definition) is 0. The third kappa shape index (κ3) is 4.20. The molecular formula is C23H16ClF5N4O2. The van der Waals surface area contributed by atoms with Crippen molar-refractivity contribution >= 4 is 28.8 Å². The minimum atomic E-state index is -4.74. The molecule has 182 valence electrons. The Morgan fingerprint density at radius 2 is 1.74 bits per heavy atom. The Morgan fingerprint density at radius 3 is 2.37 bits per heavy atom. The number of alkyl halides is 3. The molecule has 4 aromatic rings. The maximum Gasteiger partial charge on any atom is 0.420 e. The van der Waals surface area contributed by atoms with Crippen LogP contribution in [0.25, 0.3) is 16.8 Å². The summed E-state index contributed by atoms with van der Waals surface area (Å²) in [6, 6.07) is 5.96. The Morgan fingerprint density at radius 1 is 1.00 bits per heavy atom. The largest absolute Gasteiger partial charge is 0.472 e. The summed E-state index contributed by atoms with van der Waals surface area (Å²) in [5.41, 5.74) is -0.773. The highest BCUT2D eigenvalue weighted by Crippen LogP contribution is 2.37. The lowest BCUT2D eigenvalue weighted by Crippen LogP contribution is -2.49. The lowest BCUT2D eigenvalue weighted by atomic mass is 10.1. The monoisotopic (exact) mass is 510 g/mol. The Labute approximate surface area is 200 Å². The number of rotatable bonds is 3. The molecule has 0 N–H and O–H groups in total. The molecule has 1 aliphatic heterocycles. The molecule has 0 atom stereocenters. The zero-order valence-electron chi connectivity index (χ0n) is 17.8. The Bertz CT molecular complexity index is 1410. The normalized spacial score (nSPS) is 14.7. The summed E-state index contributed by atoms with van der Waals surface area (Å²) < 4.78 is 74.3. The predicted molar refractivity (Wildman–Crippen MR) is 117 cm³/mol. The number of hydrogen-bond acceptors (Lipinski definition) is 4. The number of fused-ring (bicyclic) bond motifs is 1. The first-order valence-electron chi connectivity index (χ1n) is 10.4. The van der Waals surface area contributed by atoms with E-state index < -0.39 is 34.9 Å². The first kappa shape index (κ1) is 23.2. The van der Waals surface area contributed by atoms with Crippen LogP contribution >= 0.6 is 11.6 Å². The molecule has 3 aromatic heterocycles. The second-order valence-corrected chi connectivity index (χ2v) is 8.33. The van der Waals surface area contributed by atoms with E-state index in [1.165, 1.54) is 35.8 Å². The van der Waals surface area contributed by atoms with E-state index >= 15 is 0 Å². The minimum Gasteiger partial charge on any atom is -0.472 e. The number of benzene rings is 1. The van der Waals surface area contributed by atoms with E-state index in [0.717, 1.165) is 22.6 Å². The van der Waals surface area contributed by atoms with Gasteiger partial charge in [-0.3, -0.25) is 9.20 Å². The van der Waals surface area contributed by atoms with Crippen molar-refractivity contribution in [3.8, 4) is 11.1 Å². The molecule has 0 spiro atoms. The number of amides is 1. The lowest BCUT2D eigenvalue weighted by Gasteiger charge is -2.35. The molecule has 0 aliphatic carbocycles. The van der Waals surface area contributed by atoms with Gasteiger partial charge in [-0.2, -0.15) is 13.2 Å². The topological polar surface area (TPSA) is 54.0 Å². The van der Waals surface area contributed by atoms with Crippen molar-refractivity contribution in [3.05, 3.63) is 77.1 Å². The Kier molecular flexibility index (Phi) is 5.66. The number of halogens is 6. The SMILES string of the molecule is O=C(c1nc2c(C(F)(F)F)cc(-c3ccoc3)cn2c1Cl)N1CCN(c2ccc(F)c(F)c2)CC1. The van der Waals surface area contributed by atoms with Crippen molar-refractivity contribution < 1.29 is 31.2 Å². The minimum absolute atomic E-state index is 0.189. The number of aromatic nitrogens is 2. The zero-order valence-corrected chi connectivity index (χ0v) is 18.6. The van der Waals surface area contributed by atoms with Gasteiger partial charge < -0.3 is 14.2 Å². The van der Waals surface area contributed by atoms with Crippen LogP contribution in [-0.2, 0) is 6.18 Å². The number of anilines is 1. The average molecular weight is 511 g/mol. The van der Waals surface area contributed by atoms with E-state index in [2.05, 4.69) is 4.98 Å². The van der Waals surface area contributed by atoms with E-state index in [-0.39, 0.29) is 29.5 Å². The number of carbonyl (C=O) groups excluding carboxylic acids is 1. The van der Waals surface area contributed by atoms with Crippen LogP contribution in [-0.4, -0.2) is 46.4 Å². The Hall–Kier alpha value is -3.60. The average Bonchev–Trinajstić information content (AvgIpc) is 3.48. The summed E-state index contributed by atoms with van der Waals surface area (Å²) in [6.45, 7) is 0.989. The highest BCUT2D eigenvalue weighted by molar-refractivity contribution is 6.33. The van der Waals surface area contributed by atoms with Gasteiger partial charge in [0.2, 0.25) is 0 Å². The molecule has 6 nitrogen and oxygen atoms in total. The third-order valence-electron chi connectivity index (χ3n) is 5.86. The maximum atomic E-state index is 13.8. The molecule has 0 unspecified atom stereocenters. The second-order valence-electron chi connectivity index (χ2n) is 7.97. The summed E-state index contributed by atoms with van der Waals surface area (Å²) in [6.07, 6.45) is -0.753. The fourth-order valence-electron chi connectivity index (χ4n) is 4.05. The van der Waals surface area contributed by atoms with E-state index in [0.29, 0.717) is 24.3 Å². The van der Waals surface area contributed by atoms with Gasteiger partial charge in [0, 0.05) is 55.3 Å². The smallest absolute Gasteiger partial charge is 0.420 e. The molecule has 0 bridgehead atoms. The number of piperazine rings is 1. The number of imidazole rings is 1. The molecule has 1 amide bonds. The van der Waals surface area contributed by atoms with Crippen LogP contribution in [0.5, 0.6) is 0 Å². The van der Waals surface area contributed by atoms with Gasteiger partial charge >= 0.3 is 6.18 Å². The van der Waals surface area contributed by atoms with Crippen LogP contribution in [0.2, 0.25) is 5.15 Å². The van der Waals surface area contributed by atoms with Gasteiger partial charge in [0.15, 0.2) is 23.0 Å². The molecular weight excluding hydrogens is 495 g/mol. The summed E-state index contributed by atoms with van der Waals surface area (Å²) in [5, 5.41) is -0.246.